The maximum absolute atomic E-state index is 12.5. The van der Waals surface area contributed by atoms with Crippen molar-refractivity contribution in [3.63, 3.8) is 0 Å². The summed E-state index contributed by atoms with van der Waals surface area (Å²) in [6, 6.07) is 8.65. The van der Waals surface area contributed by atoms with E-state index >= 15 is 0 Å². The molecule has 0 radical (unpaired) electrons. The minimum absolute atomic E-state index is 0.00965. The van der Waals surface area contributed by atoms with Gasteiger partial charge in [-0.25, -0.2) is 0 Å². The smallest absolute Gasteiger partial charge is 0.251 e. The summed E-state index contributed by atoms with van der Waals surface area (Å²) in [5, 5.41) is 3.07. The molecule has 2 atom stereocenters. The topological polar surface area (TPSA) is 44.8 Å². The molecule has 3 heterocycles. The van der Waals surface area contributed by atoms with Gasteiger partial charge in [0.1, 0.15) is 0 Å². The lowest BCUT2D eigenvalue weighted by molar-refractivity contribution is -0.0461. The van der Waals surface area contributed by atoms with Gasteiger partial charge in [-0.1, -0.05) is 12.1 Å². The number of morpholine rings is 1. The SMILES string of the molecule is O=C(NC[C@@H]1CN2CCC[C@H]2CO1)c1cccc(CN2CCCC2)c1. The predicted octanol–water partition coefficient (Wildman–Crippen LogP) is 1.88. The summed E-state index contributed by atoms with van der Waals surface area (Å²) in [4.78, 5) is 17.5. The number of rotatable bonds is 5. The first-order chi connectivity index (χ1) is 12.3. The molecule has 25 heavy (non-hydrogen) atoms. The van der Waals surface area contributed by atoms with Crippen molar-refractivity contribution in [3.8, 4) is 0 Å². The Hall–Kier alpha value is -1.43. The summed E-state index contributed by atoms with van der Waals surface area (Å²) in [5.41, 5.74) is 1.98. The molecule has 0 aromatic heterocycles. The Morgan fingerprint density at radius 2 is 2.08 bits per heavy atom. The summed E-state index contributed by atoms with van der Waals surface area (Å²) >= 11 is 0. The summed E-state index contributed by atoms with van der Waals surface area (Å²) in [6.45, 7) is 6.82. The van der Waals surface area contributed by atoms with Gasteiger partial charge in [0, 0.05) is 31.2 Å². The van der Waals surface area contributed by atoms with Crippen molar-refractivity contribution in [2.75, 3.05) is 39.3 Å². The lowest BCUT2D eigenvalue weighted by Crippen LogP contribution is -2.50. The normalized spacial score (nSPS) is 27.4. The van der Waals surface area contributed by atoms with Gasteiger partial charge in [-0.3, -0.25) is 14.6 Å². The Morgan fingerprint density at radius 3 is 2.96 bits per heavy atom. The van der Waals surface area contributed by atoms with E-state index in [1.807, 2.05) is 18.2 Å². The van der Waals surface area contributed by atoms with E-state index in [4.69, 9.17) is 4.74 Å². The molecule has 5 heteroatoms. The van der Waals surface area contributed by atoms with Crippen molar-refractivity contribution in [1.82, 2.24) is 15.1 Å². The van der Waals surface area contributed by atoms with Crippen molar-refractivity contribution >= 4 is 5.91 Å². The quantitative estimate of drug-likeness (QED) is 0.887. The molecular formula is C20H29N3O2. The van der Waals surface area contributed by atoms with E-state index in [-0.39, 0.29) is 12.0 Å². The second-order valence-electron chi connectivity index (χ2n) is 7.64. The van der Waals surface area contributed by atoms with E-state index < -0.39 is 0 Å². The van der Waals surface area contributed by atoms with Gasteiger partial charge < -0.3 is 10.1 Å². The first-order valence-corrected chi connectivity index (χ1v) is 9.73. The Bertz CT molecular complexity index is 600. The van der Waals surface area contributed by atoms with Crippen LogP contribution in [0.1, 0.15) is 41.6 Å². The van der Waals surface area contributed by atoms with E-state index in [9.17, 15) is 4.79 Å². The highest BCUT2D eigenvalue weighted by molar-refractivity contribution is 5.94. The molecule has 1 N–H and O–H groups in total. The Balaban J connectivity index is 1.28. The van der Waals surface area contributed by atoms with Crippen molar-refractivity contribution in [2.24, 2.45) is 0 Å². The highest BCUT2D eigenvalue weighted by Gasteiger charge is 2.32. The van der Waals surface area contributed by atoms with Crippen LogP contribution >= 0.6 is 0 Å². The summed E-state index contributed by atoms with van der Waals surface area (Å²) < 4.78 is 5.93. The molecule has 0 saturated carbocycles. The Morgan fingerprint density at radius 1 is 1.20 bits per heavy atom. The van der Waals surface area contributed by atoms with Crippen LogP contribution in [-0.4, -0.2) is 67.2 Å². The van der Waals surface area contributed by atoms with Gasteiger partial charge in [-0.05, 0) is 63.0 Å². The monoisotopic (exact) mass is 343 g/mol. The van der Waals surface area contributed by atoms with Crippen LogP contribution in [0.4, 0.5) is 0 Å². The van der Waals surface area contributed by atoms with E-state index in [2.05, 4.69) is 21.2 Å². The summed E-state index contributed by atoms with van der Waals surface area (Å²) in [6.07, 6.45) is 5.23. The molecule has 4 rings (SSSR count). The molecule has 1 aromatic rings. The third-order valence-electron chi connectivity index (χ3n) is 5.75. The zero-order valence-corrected chi connectivity index (χ0v) is 15.0. The van der Waals surface area contributed by atoms with Gasteiger partial charge in [0.15, 0.2) is 0 Å². The number of carbonyl (C=O) groups excluding carboxylic acids is 1. The van der Waals surface area contributed by atoms with Crippen LogP contribution in [0.2, 0.25) is 0 Å². The van der Waals surface area contributed by atoms with Crippen LogP contribution in [-0.2, 0) is 11.3 Å². The van der Waals surface area contributed by atoms with Crippen molar-refractivity contribution in [2.45, 2.75) is 44.4 Å². The molecule has 0 spiro atoms. The number of nitrogens with zero attached hydrogens (tertiary/aromatic N) is 2. The van der Waals surface area contributed by atoms with Gasteiger partial charge in [0.05, 0.1) is 12.7 Å². The molecule has 0 aliphatic carbocycles. The van der Waals surface area contributed by atoms with Crippen LogP contribution < -0.4 is 5.32 Å². The van der Waals surface area contributed by atoms with Gasteiger partial charge in [0.25, 0.3) is 5.91 Å². The van der Waals surface area contributed by atoms with E-state index in [0.29, 0.717) is 12.6 Å². The third-order valence-corrected chi connectivity index (χ3v) is 5.75. The molecule has 3 saturated heterocycles. The Kier molecular flexibility index (Phi) is 5.34. The molecule has 5 nitrogen and oxygen atoms in total. The lowest BCUT2D eigenvalue weighted by Gasteiger charge is -2.35. The van der Waals surface area contributed by atoms with Crippen molar-refractivity contribution in [3.05, 3.63) is 35.4 Å². The molecule has 136 valence electrons. The molecule has 3 fully saturated rings. The summed E-state index contributed by atoms with van der Waals surface area (Å²) in [5.74, 6) is 0.00965. The summed E-state index contributed by atoms with van der Waals surface area (Å²) in [7, 11) is 0. The van der Waals surface area contributed by atoms with E-state index in [1.165, 1.54) is 50.9 Å². The fraction of sp³-hybridized carbons (Fsp3) is 0.650. The number of hydrogen-bond donors (Lipinski definition) is 1. The van der Waals surface area contributed by atoms with Crippen LogP contribution in [0.3, 0.4) is 0 Å². The maximum Gasteiger partial charge on any atom is 0.251 e. The molecule has 3 aliphatic heterocycles. The number of amides is 1. The van der Waals surface area contributed by atoms with Crippen molar-refractivity contribution in [1.29, 1.82) is 0 Å². The fourth-order valence-corrected chi connectivity index (χ4v) is 4.33. The van der Waals surface area contributed by atoms with E-state index in [0.717, 1.165) is 25.3 Å². The zero-order valence-electron chi connectivity index (χ0n) is 15.0. The molecule has 0 unspecified atom stereocenters. The fourth-order valence-electron chi connectivity index (χ4n) is 4.33. The number of benzene rings is 1. The molecule has 3 aliphatic rings. The first-order valence-electron chi connectivity index (χ1n) is 9.73. The van der Waals surface area contributed by atoms with Crippen LogP contribution in [0, 0.1) is 0 Å². The van der Waals surface area contributed by atoms with Gasteiger partial charge in [-0.15, -0.1) is 0 Å². The maximum atomic E-state index is 12.5. The molecule has 1 amide bonds. The minimum Gasteiger partial charge on any atom is -0.373 e. The van der Waals surface area contributed by atoms with Crippen LogP contribution in [0.15, 0.2) is 24.3 Å². The standard InChI is InChI=1S/C20H29N3O2/c24-20(21-12-19-14-23-10-4-7-18(23)15-25-19)17-6-3-5-16(11-17)13-22-8-1-2-9-22/h3,5-6,11,18-19H,1-2,4,7-10,12-15H2,(H,21,24)/t18-,19+/m0/s1. The minimum atomic E-state index is 0.00965. The second-order valence-corrected chi connectivity index (χ2v) is 7.64. The van der Waals surface area contributed by atoms with Gasteiger partial charge in [-0.2, -0.15) is 0 Å². The van der Waals surface area contributed by atoms with Gasteiger partial charge in [0.2, 0.25) is 0 Å². The zero-order chi connectivity index (χ0) is 17.1. The highest BCUT2D eigenvalue weighted by atomic mass is 16.5. The molecule has 1 aromatic carbocycles. The average Bonchev–Trinajstić information content (AvgIpc) is 3.31. The number of carbonyl (C=O) groups is 1. The van der Waals surface area contributed by atoms with Crippen molar-refractivity contribution < 1.29 is 9.53 Å². The largest absolute Gasteiger partial charge is 0.373 e. The lowest BCUT2D eigenvalue weighted by atomic mass is 10.1. The molecule has 0 bridgehead atoms. The number of nitrogens with one attached hydrogen (secondary N) is 1. The number of likely N-dealkylation sites (tertiary alicyclic amines) is 1. The second kappa shape index (κ2) is 7.85. The highest BCUT2D eigenvalue weighted by Crippen LogP contribution is 2.22. The number of hydrogen-bond acceptors (Lipinski definition) is 4. The number of fused-ring (bicyclic) bond motifs is 1. The average molecular weight is 343 g/mol. The predicted molar refractivity (Wildman–Crippen MR) is 97.6 cm³/mol. The first kappa shape index (κ1) is 17.0. The molecular weight excluding hydrogens is 314 g/mol. The van der Waals surface area contributed by atoms with E-state index in [1.54, 1.807) is 0 Å². The van der Waals surface area contributed by atoms with Crippen LogP contribution in [0.25, 0.3) is 0 Å². The van der Waals surface area contributed by atoms with Gasteiger partial charge >= 0.3 is 0 Å². The third kappa shape index (κ3) is 4.22. The van der Waals surface area contributed by atoms with Crippen LogP contribution in [0.5, 0.6) is 0 Å². The number of ether oxygens (including phenoxy) is 1. The Labute approximate surface area is 150 Å².